The van der Waals surface area contributed by atoms with E-state index in [9.17, 15) is 14.7 Å². The van der Waals surface area contributed by atoms with Crippen LogP contribution in [0.5, 0.6) is 0 Å². The Morgan fingerprint density at radius 3 is 2.52 bits per heavy atom. The molecule has 122 valence electrons. The molecule has 1 unspecified atom stereocenters. The number of carbonyl (C=O) groups is 2. The fourth-order valence-electron chi connectivity index (χ4n) is 4.90. The average Bonchev–Trinajstić information content (AvgIpc) is 3.15. The number of carbonyl (C=O) groups excluding carboxylic acids is 1. The fraction of sp³-hybridized carbons (Fsp3) is 0.556. The maximum absolute atomic E-state index is 11.9. The Balaban J connectivity index is 1.65. The molecule has 5 atom stereocenters. The third-order valence-corrected chi connectivity index (χ3v) is 6.07. The van der Waals surface area contributed by atoms with Gasteiger partial charge in [0.05, 0.1) is 6.04 Å². The lowest BCUT2D eigenvalue weighted by Crippen LogP contribution is -2.64. The quantitative estimate of drug-likeness (QED) is 0.843. The first-order valence-electron chi connectivity index (χ1n) is 8.41. The standard InChI is InChI=1S/C18H22N2O3/c1-20(18(22)23)16-15(19-17(16)21)13-5-3-2-4-12(13)14-9-10-6-7-11(14)8-10/h2-5,10-11,14-16H,6-9H2,1H3,(H,19,21)(H,22,23)/t10-,11+,14+,15?,16+/m1/s1. The summed E-state index contributed by atoms with van der Waals surface area (Å²) < 4.78 is 0. The van der Waals surface area contributed by atoms with E-state index in [0.717, 1.165) is 22.3 Å². The molecule has 5 heteroatoms. The predicted octanol–water partition coefficient (Wildman–Crippen LogP) is 2.74. The molecular weight excluding hydrogens is 292 g/mol. The summed E-state index contributed by atoms with van der Waals surface area (Å²) in [6, 6.07) is 7.42. The van der Waals surface area contributed by atoms with Gasteiger partial charge in [0.15, 0.2) is 0 Å². The van der Waals surface area contributed by atoms with E-state index in [0.29, 0.717) is 5.92 Å². The van der Waals surface area contributed by atoms with Crippen LogP contribution in [0.4, 0.5) is 4.79 Å². The Morgan fingerprint density at radius 1 is 1.22 bits per heavy atom. The average molecular weight is 314 g/mol. The zero-order valence-electron chi connectivity index (χ0n) is 13.2. The lowest BCUT2D eigenvalue weighted by molar-refractivity contribution is -0.136. The monoisotopic (exact) mass is 314 g/mol. The molecule has 1 aliphatic heterocycles. The summed E-state index contributed by atoms with van der Waals surface area (Å²) in [5, 5.41) is 12.1. The highest BCUT2D eigenvalue weighted by atomic mass is 16.4. The second-order valence-corrected chi connectivity index (χ2v) is 7.23. The third kappa shape index (κ3) is 2.21. The number of nitrogens with zero attached hydrogens (tertiary/aromatic N) is 1. The number of rotatable bonds is 3. The van der Waals surface area contributed by atoms with Crippen molar-refractivity contribution < 1.29 is 14.7 Å². The van der Waals surface area contributed by atoms with Crippen LogP contribution in [0.15, 0.2) is 24.3 Å². The van der Waals surface area contributed by atoms with Crippen molar-refractivity contribution in [3.63, 3.8) is 0 Å². The highest BCUT2D eigenvalue weighted by Gasteiger charge is 2.47. The van der Waals surface area contributed by atoms with Gasteiger partial charge in [-0.3, -0.25) is 9.69 Å². The van der Waals surface area contributed by atoms with Crippen LogP contribution in [-0.4, -0.2) is 35.1 Å². The lowest BCUT2D eigenvalue weighted by Gasteiger charge is -2.42. The molecule has 3 fully saturated rings. The van der Waals surface area contributed by atoms with E-state index in [1.54, 1.807) is 0 Å². The minimum Gasteiger partial charge on any atom is -0.465 e. The number of amides is 2. The van der Waals surface area contributed by atoms with Crippen molar-refractivity contribution in [2.45, 2.75) is 43.7 Å². The van der Waals surface area contributed by atoms with Crippen molar-refractivity contribution in [1.29, 1.82) is 0 Å². The zero-order valence-corrected chi connectivity index (χ0v) is 13.2. The third-order valence-electron chi connectivity index (χ3n) is 6.07. The minimum absolute atomic E-state index is 0.206. The molecule has 5 nitrogen and oxygen atoms in total. The zero-order chi connectivity index (χ0) is 16.1. The molecule has 3 aliphatic rings. The topological polar surface area (TPSA) is 69.6 Å². The van der Waals surface area contributed by atoms with Crippen LogP contribution in [0, 0.1) is 11.8 Å². The van der Waals surface area contributed by atoms with Crippen molar-refractivity contribution in [3.8, 4) is 0 Å². The van der Waals surface area contributed by atoms with Crippen LogP contribution >= 0.6 is 0 Å². The normalized spacial score (nSPS) is 34.8. The lowest BCUT2D eigenvalue weighted by atomic mass is 9.77. The Hall–Kier alpha value is -2.04. The highest BCUT2D eigenvalue weighted by Crippen LogP contribution is 2.54. The first-order chi connectivity index (χ1) is 11.1. The number of hydrogen-bond donors (Lipinski definition) is 2. The molecular formula is C18H22N2O3. The van der Waals surface area contributed by atoms with Crippen molar-refractivity contribution in [2.24, 2.45) is 11.8 Å². The molecule has 23 heavy (non-hydrogen) atoms. The maximum Gasteiger partial charge on any atom is 0.407 e. The summed E-state index contributed by atoms with van der Waals surface area (Å²) in [6.07, 6.45) is 4.16. The van der Waals surface area contributed by atoms with Crippen molar-refractivity contribution in [2.75, 3.05) is 7.05 Å². The van der Waals surface area contributed by atoms with Gasteiger partial charge < -0.3 is 10.4 Å². The first-order valence-corrected chi connectivity index (χ1v) is 8.41. The van der Waals surface area contributed by atoms with Gasteiger partial charge in [0.1, 0.15) is 6.04 Å². The molecule has 1 aromatic rings. The predicted molar refractivity (Wildman–Crippen MR) is 85.1 cm³/mol. The molecule has 2 bridgehead atoms. The second-order valence-electron chi connectivity index (χ2n) is 7.23. The molecule has 2 amide bonds. The van der Waals surface area contributed by atoms with E-state index < -0.39 is 12.1 Å². The number of fused-ring (bicyclic) bond motifs is 2. The molecule has 0 spiro atoms. The number of likely N-dealkylation sites (N-methyl/N-ethyl adjacent to an activating group) is 1. The minimum atomic E-state index is -1.06. The van der Waals surface area contributed by atoms with E-state index >= 15 is 0 Å². The summed E-state index contributed by atoms with van der Waals surface area (Å²) in [4.78, 5) is 24.3. The van der Waals surface area contributed by atoms with Gasteiger partial charge in [-0.2, -0.15) is 0 Å². The smallest absolute Gasteiger partial charge is 0.407 e. The molecule has 2 saturated carbocycles. The first kappa shape index (κ1) is 14.5. The molecule has 1 heterocycles. The van der Waals surface area contributed by atoms with Crippen molar-refractivity contribution >= 4 is 12.0 Å². The van der Waals surface area contributed by atoms with Gasteiger partial charge >= 0.3 is 6.09 Å². The number of β-lactam (4-membered cyclic amide) rings is 1. The molecule has 4 rings (SSSR count). The summed E-state index contributed by atoms with van der Waals surface area (Å²) in [6.45, 7) is 0. The van der Waals surface area contributed by atoms with Crippen LogP contribution < -0.4 is 5.32 Å². The number of hydrogen-bond acceptors (Lipinski definition) is 2. The van der Waals surface area contributed by atoms with Gasteiger partial charge in [-0.15, -0.1) is 0 Å². The van der Waals surface area contributed by atoms with Gasteiger partial charge in [0, 0.05) is 7.05 Å². The second kappa shape index (κ2) is 5.25. The Labute approximate surface area is 135 Å². The van der Waals surface area contributed by atoms with E-state index in [-0.39, 0.29) is 11.9 Å². The SMILES string of the molecule is CN(C(=O)O)[C@@H]1C(=O)NC1c1ccccc1[C@H]1C[C@@H]2CC[C@H]1C2. The number of carboxylic acid groups (broad SMARTS) is 1. The maximum atomic E-state index is 11.9. The van der Waals surface area contributed by atoms with E-state index in [2.05, 4.69) is 17.4 Å². The molecule has 2 aliphatic carbocycles. The Bertz CT molecular complexity index is 659. The van der Waals surface area contributed by atoms with E-state index in [4.69, 9.17) is 0 Å². The molecule has 0 aromatic heterocycles. The fourth-order valence-corrected chi connectivity index (χ4v) is 4.90. The van der Waals surface area contributed by atoms with Gasteiger partial charge in [0.2, 0.25) is 5.91 Å². The van der Waals surface area contributed by atoms with Gasteiger partial charge in [-0.05, 0) is 48.1 Å². The Kier molecular flexibility index (Phi) is 3.32. The van der Waals surface area contributed by atoms with Crippen molar-refractivity contribution in [1.82, 2.24) is 10.2 Å². The summed E-state index contributed by atoms with van der Waals surface area (Å²) in [7, 11) is 1.47. The summed E-state index contributed by atoms with van der Waals surface area (Å²) >= 11 is 0. The van der Waals surface area contributed by atoms with Gasteiger partial charge in [-0.1, -0.05) is 30.7 Å². The van der Waals surface area contributed by atoms with E-state index in [1.807, 2.05) is 12.1 Å². The van der Waals surface area contributed by atoms with Crippen LogP contribution in [0.25, 0.3) is 0 Å². The molecule has 1 aromatic carbocycles. The molecule has 2 N–H and O–H groups in total. The Morgan fingerprint density at radius 2 is 1.96 bits per heavy atom. The summed E-state index contributed by atoms with van der Waals surface area (Å²) in [5.74, 6) is 1.97. The van der Waals surface area contributed by atoms with E-state index in [1.165, 1.54) is 38.3 Å². The van der Waals surface area contributed by atoms with Crippen LogP contribution in [0.2, 0.25) is 0 Å². The van der Waals surface area contributed by atoms with Crippen molar-refractivity contribution in [3.05, 3.63) is 35.4 Å². The van der Waals surface area contributed by atoms with Crippen LogP contribution in [0.3, 0.4) is 0 Å². The largest absolute Gasteiger partial charge is 0.465 e. The molecule has 0 radical (unpaired) electrons. The van der Waals surface area contributed by atoms with Gasteiger partial charge in [-0.25, -0.2) is 4.79 Å². The molecule has 1 saturated heterocycles. The van der Waals surface area contributed by atoms with Crippen LogP contribution in [0.1, 0.15) is 48.8 Å². The highest BCUT2D eigenvalue weighted by molar-refractivity contribution is 5.92. The van der Waals surface area contributed by atoms with Crippen LogP contribution in [-0.2, 0) is 4.79 Å². The van der Waals surface area contributed by atoms with Gasteiger partial charge in [0.25, 0.3) is 0 Å². The number of benzene rings is 1. The number of nitrogens with one attached hydrogen (secondary N) is 1. The summed E-state index contributed by atoms with van der Waals surface area (Å²) in [5.41, 5.74) is 2.41.